The fourth-order valence-corrected chi connectivity index (χ4v) is 1.42. The monoisotopic (exact) mass is 222 g/mol. The van der Waals surface area contributed by atoms with Crippen molar-refractivity contribution < 1.29 is 9.53 Å². The Hall–Kier alpha value is -1.55. The molecule has 0 amide bonds. The molecule has 0 bridgehead atoms. The molecule has 4 nitrogen and oxygen atoms in total. The van der Waals surface area contributed by atoms with Crippen molar-refractivity contribution in [1.29, 1.82) is 0 Å². The largest absolute Gasteiger partial charge is 0.469 e. The van der Waals surface area contributed by atoms with Gasteiger partial charge in [0, 0.05) is 18.3 Å². The molecular formula is C12H18N2O2. The molecular weight excluding hydrogens is 204 g/mol. The zero-order valence-corrected chi connectivity index (χ0v) is 9.64. The summed E-state index contributed by atoms with van der Waals surface area (Å²) in [6.45, 7) is 2.28. The van der Waals surface area contributed by atoms with Crippen LogP contribution in [0.1, 0.15) is 6.92 Å². The lowest BCUT2D eigenvalue weighted by atomic mass is 10.0. The van der Waals surface area contributed by atoms with Crippen molar-refractivity contribution in [2.45, 2.75) is 13.0 Å². The maximum Gasteiger partial charge on any atom is 0.312 e. The van der Waals surface area contributed by atoms with Crippen LogP contribution in [0.3, 0.4) is 0 Å². The third kappa shape index (κ3) is 3.55. The van der Waals surface area contributed by atoms with Gasteiger partial charge in [-0.05, 0) is 19.1 Å². The minimum atomic E-state index is -0.329. The van der Waals surface area contributed by atoms with Crippen LogP contribution in [0, 0.1) is 5.92 Å². The molecule has 16 heavy (non-hydrogen) atoms. The van der Waals surface area contributed by atoms with Crippen LogP contribution in [0.15, 0.2) is 30.3 Å². The van der Waals surface area contributed by atoms with E-state index in [2.05, 4.69) is 5.32 Å². The van der Waals surface area contributed by atoms with E-state index in [0.717, 1.165) is 5.69 Å². The average molecular weight is 222 g/mol. The minimum absolute atomic E-state index is 0.233. The lowest BCUT2D eigenvalue weighted by molar-refractivity contribution is -0.145. The van der Waals surface area contributed by atoms with Crippen molar-refractivity contribution in [2.24, 2.45) is 11.7 Å². The number of ether oxygens (including phenoxy) is 1. The summed E-state index contributed by atoms with van der Waals surface area (Å²) in [5.74, 6) is -0.608. The molecule has 0 heterocycles. The Morgan fingerprint density at radius 2 is 2.06 bits per heavy atom. The van der Waals surface area contributed by atoms with E-state index in [-0.39, 0.29) is 17.9 Å². The molecule has 1 aromatic rings. The van der Waals surface area contributed by atoms with Crippen molar-refractivity contribution in [2.75, 3.05) is 19.0 Å². The number of esters is 1. The molecule has 0 aromatic heterocycles. The molecule has 0 spiro atoms. The lowest BCUT2D eigenvalue weighted by Crippen LogP contribution is -2.38. The van der Waals surface area contributed by atoms with Gasteiger partial charge >= 0.3 is 5.97 Å². The van der Waals surface area contributed by atoms with Gasteiger partial charge in [-0.2, -0.15) is 0 Å². The van der Waals surface area contributed by atoms with Crippen LogP contribution < -0.4 is 11.1 Å². The first-order chi connectivity index (χ1) is 7.65. The zero-order valence-electron chi connectivity index (χ0n) is 9.64. The van der Waals surface area contributed by atoms with Gasteiger partial charge in [-0.1, -0.05) is 18.2 Å². The first-order valence-electron chi connectivity index (χ1n) is 5.27. The van der Waals surface area contributed by atoms with Gasteiger partial charge in [-0.15, -0.1) is 0 Å². The third-order valence-electron chi connectivity index (χ3n) is 2.44. The smallest absolute Gasteiger partial charge is 0.312 e. The fraction of sp³-hybridized carbons (Fsp3) is 0.417. The number of anilines is 1. The molecule has 2 atom stereocenters. The van der Waals surface area contributed by atoms with Crippen LogP contribution in [-0.4, -0.2) is 25.7 Å². The number of methoxy groups -OCH3 is 1. The fourth-order valence-electron chi connectivity index (χ4n) is 1.42. The highest BCUT2D eigenvalue weighted by Gasteiger charge is 2.22. The number of hydrogen-bond acceptors (Lipinski definition) is 4. The first kappa shape index (κ1) is 12.5. The molecule has 0 saturated carbocycles. The molecule has 3 N–H and O–H groups in total. The molecule has 0 aliphatic rings. The quantitative estimate of drug-likeness (QED) is 0.736. The van der Waals surface area contributed by atoms with Gasteiger partial charge in [-0.3, -0.25) is 4.79 Å². The Morgan fingerprint density at radius 1 is 1.44 bits per heavy atom. The summed E-state index contributed by atoms with van der Waals surface area (Å²) >= 11 is 0. The standard InChI is InChI=1S/C12H18N2O2/c1-9(13)11(12(15)16-2)8-14-10-6-4-3-5-7-10/h3-7,9,11,14H,8,13H2,1-2H3. The predicted molar refractivity (Wildman–Crippen MR) is 64.1 cm³/mol. The Kier molecular flexibility index (Phi) is 4.79. The molecule has 0 radical (unpaired) electrons. The van der Waals surface area contributed by atoms with E-state index >= 15 is 0 Å². The Labute approximate surface area is 95.8 Å². The first-order valence-corrected chi connectivity index (χ1v) is 5.27. The van der Waals surface area contributed by atoms with Gasteiger partial charge in [0.15, 0.2) is 0 Å². The number of rotatable bonds is 5. The van der Waals surface area contributed by atoms with Crippen LogP contribution in [0.2, 0.25) is 0 Å². The normalized spacial score (nSPS) is 13.9. The van der Waals surface area contributed by atoms with Crippen LogP contribution in [-0.2, 0) is 9.53 Å². The van der Waals surface area contributed by atoms with Crippen LogP contribution >= 0.6 is 0 Å². The number of hydrogen-bond donors (Lipinski definition) is 2. The van der Waals surface area contributed by atoms with Gasteiger partial charge in [-0.25, -0.2) is 0 Å². The second-order valence-electron chi connectivity index (χ2n) is 3.74. The van der Waals surface area contributed by atoms with E-state index in [1.165, 1.54) is 7.11 Å². The van der Waals surface area contributed by atoms with E-state index in [1.807, 2.05) is 30.3 Å². The molecule has 0 aliphatic heterocycles. The Bertz CT molecular complexity index is 325. The van der Waals surface area contributed by atoms with Gasteiger partial charge in [0.05, 0.1) is 13.0 Å². The average Bonchev–Trinajstić information content (AvgIpc) is 2.30. The number of benzene rings is 1. The summed E-state index contributed by atoms with van der Waals surface area (Å²) in [4.78, 5) is 11.4. The molecule has 2 unspecified atom stereocenters. The van der Waals surface area contributed by atoms with Gasteiger partial charge in [0.2, 0.25) is 0 Å². The topological polar surface area (TPSA) is 64.3 Å². The highest BCUT2D eigenvalue weighted by atomic mass is 16.5. The Morgan fingerprint density at radius 3 is 2.56 bits per heavy atom. The van der Waals surface area contributed by atoms with Gasteiger partial charge in [0.1, 0.15) is 0 Å². The van der Waals surface area contributed by atoms with Crippen molar-refractivity contribution in [3.63, 3.8) is 0 Å². The van der Waals surface area contributed by atoms with Crippen LogP contribution in [0.25, 0.3) is 0 Å². The molecule has 0 fully saturated rings. The molecule has 88 valence electrons. The number of para-hydroxylation sites is 1. The molecule has 0 aliphatic carbocycles. The highest BCUT2D eigenvalue weighted by Crippen LogP contribution is 2.09. The number of carbonyl (C=O) groups is 1. The van der Waals surface area contributed by atoms with Gasteiger partial charge < -0.3 is 15.8 Å². The summed E-state index contributed by atoms with van der Waals surface area (Å²) in [5.41, 5.74) is 6.71. The molecule has 4 heteroatoms. The van der Waals surface area contributed by atoms with E-state index in [9.17, 15) is 4.79 Å². The second kappa shape index (κ2) is 6.12. The van der Waals surface area contributed by atoms with E-state index in [0.29, 0.717) is 6.54 Å². The second-order valence-corrected chi connectivity index (χ2v) is 3.74. The lowest BCUT2D eigenvalue weighted by Gasteiger charge is -2.19. The summed E-state index contributed by atoms with van der Waals surface area (Å²) in [6.07, 6.45) is 0. The van der Waals surface area contributed by atoms with E-state index in [1.54, 1.807) is 6.92 Å². The number of nitrogens with two attached hydrogens (primary N) is 1. The van der Waals surface area contributed by atoms with E-state index < -0.39 is 0 Å². The Balaban J connectivity index is 2.54. The van der Waals surface area contributed by atoms with Crippen LogP contribution in [0.4, 0.5) is 5.69 Å². The summed E-state index contributed by atoms with van der Waals surface area (Å²) in [5, 5.41) is 3.16. The van der Waals surface area contributed by atoms with Crippen molar-refractivity contribution in [3.05, 3.63) is 30.3 Å². The number of nitrogens with one attached hydrogen (secondary N) is 1. The van der Waals surface area contributed by atoms with Gasteiger partial charge in [0.25, 0.3) is 0 Å². The summed E-state index contributed by atoms with van der Waals surface area (Å²) < 4.78 is 4.70. The summed E-state index contributed by atoms with van der Waals surface area (Å²) in [6, 6.07) is 9.45. The van der Waals surface area contributed by atoms with Crippen molar-refractivity contribution >= 4 is 11.7 Å². The predicted octanol–water partition coefficient (Wildman–Crippen LogP) is 1.23. The van der Waals surface area contributed by atoms with Crippen LogP contribution in [0.5, 0.6) is 0 Å². The molecule has 1 rings (SSSR count). The summed E-state index contributed by atoms with van der Waals surface area (Å²) in [7, 11) is 1.38. The molecule has 1 aromatic carbocycles. The minimum Gasteiger partial charge on any atom is -0.469 e. The molecule has 0 saturated heterocycles. The highest BCUT2D eigenvalue weighted by molar-refractivity contribution is 5.73. The third-order valence-corrected chi connectivity index (χ3v) is 2.44. The van der Waals surface area contributed by atoms with Crippen molar-refractivity contribution in [1.82, 2.24) is 0 Å². The zero-order chi connectivity index (χ0) is 12.0. The maximum absolute atomic E-state index is 11.4. The maximum atomic E-state index is 11.4. The van der Waals surface area contributed by atoms with E-state index in [4.69, 9.17) is 10.5 Å². The number of carbonyl (C=O) groups excluding carboxylic acids is 1. The van der Waals surface area contributed by atoms with Crippen molar-refractivity contribution in [3.8, 4) is 0 Å². The SMILES string of the molecule is COC(=O)C(CNc1ccccc1)C(C)N.